The average Bonchev–Trinajstić information content (AvgIpc) is 2.99. The lowest BCUT2D eigenvalue weighted by Gasteiger charge is -2.31. The summed E-state index contributed by atoms with van der Waals surface area (Å²) in [6, 6.07) is 1.30. The van der Waals surface area contributed by atoms with E-state index in [9.17, 15) is 4.79 Å². The molecule has 1 aliphatic carbocycles. The van der Waals surface area contributed by atoms with Gasteiger partial charge in [-0.2, -0.15) is 0 Å². The zero-order valence-electron chi connectivity index (χ0n) is 10.5. The van der Waals surface area contributed by atoms with Crippen LogP contribution in [0.5, 0.6) is 0 Å². The Balaban J connectivity index is 1.62. The van der Waals surface area contributed by atoms with Crippen molar-refractivity contribution < 1.29 is 4.79 Å². The van der Waals surface area contributed by atoms with Crippen molar-refractivity contribution >= 4 is 6.03 Å². The molecule has 96 valence electrons. The van der Waals surface area contributed by atoms with Crippen LogP contribution < -0.4 is 5.32 Å². The molecule has 1 unspecified atom stereocenters. The van der Waals surface area contributed by atoms with Crippen molar-refractivity contribution in [2.75, 3.05) is 26.2 Å². The molecule has 3 fully saturated rings. The van der Waals surface area contributed by atoms with Gasteiger partial charge in [0.1, 0.15) is 0 Å². The van der Waals surface area contributed by atoms with Gasteiger partial charge >= 0.3 is 6.03 Å². The van der Waals surface area contributed by atoms with Crippen LogP contribution in [0, 0.1) is 0 Å². The zero-order chi connectivity index (χ0) is 11.7. The first kappa shape index (κ1) is 11.3. The molecule has 2 heterocycles. The average molecular weight is 237 g/mol. The number of rotatable bonds is 2. The summed E-state index contributed by atoms with van der Waals surface area (Å²) in [7, 11) is 0. The Kier molecular flexibility index (Phi) is 3.23. The molecule has 4 nitrogen and oxygen atoms in total. The van der Waals surface area contributed by atoms with Crippen LogP contribution in [0.4, 0.5) is 4.79 Å². The number of carbonyl (C=O) groups excluding carboxylic acids is 1. The molecule has 2 amide bonds. The molecule has 0 spiro atoms. The molecule has 1 atom stereocenters. The summed E-state index contributed by atoms with van der Waals surface area (Å²) >= 11 is 0. The molecule has 17 heavy (non-hydrogen) atoms. The lowest BCUT2D eigenvalue weighted by molar-refractivity contribution is 0.155. The SMILES string of the molecule is O=C1N(C2CCCCC2)CCN1C1CCNC1. The maximum atomic E-state index is 12.4. The molecular weight excluding hydrogens is 214 g/mol. The second-order valence-electron chi connectivity index (χ2n) is 5.61. The van der Waals surface area contributed by atoms with Crippen LogP contribution in [-0.2, 0) is 0 Å². The van der Waals surface area contributed by atoms with Crippen LogP contribution in [0.2, 0.25) is 0 Å². The van der Waals surface area contributed by atoms with E-state index in [0.29, 0.717) is 18.1 Å². The highest BCUT2D eigenvalue weighted by molar-refractivity contribution is 5.77. The van der Waals surface area contributed by atoms with Gasteiger partial charge < -0.3 is 15.1 Å². The number of nitrogens with zero attached hydrogens (tertiary/aromatic N) is 2. The van der Waals surface area contributed by atoms with E-state index in [2.05, 4.69) is 15.1 Å². The van der Waals surface area contributed by atoms with Gasteiger partial charge in [-0.1, -0.05) is 19.3 Å². The minimum Gasteiger partial charge on any atom is -0.320 e. The van der Waals surface area contributed by atoms with Crippen molar-refractivity contribution in [3.8, 4) is 0 Å². The summed E-state index contributed by atoms with van der Waals surface area (Å²) in [5, 5.41) is 3.35. The van der Waals surface area contributed by atoms with Gasteiger partial charge in [0.15, 0.2) is 0 Å². The molecule has 0 bridgehead atoms. The fraction of sp³-hybridized carbons (Fsp3) is 0.923. The first-order valence-corrected chi connectivity index (χ1v) is 7.14. The summed E-state index contributed by atoms with van der Waals surface area (Å²) in [5.41, 5.74) is 0. The molecule has 0 aromatic rings. The van der Waals surface area contributed by atoms with E-state index >= 15 is 0 Å². The van der Waals surface area contributed by atoms with Crippen molar-refractivity contribution in [2.24, 2.45) is 0 Å². The van der Waals surface area contributed by atoms with Crippen molar-refractivity contribution in [2.45, 2.75) is 50.6 Å². The molecule has 0 radical (unpaired) electrons. The molecule has 3 aliphatic rings. The quantitative estimate of drug-likeness (QED) is 0.788. The van der Waals surface area contributed by atoms with Crippen molar-refractivity contribution in [3.63, 3.8) is 0 Å². The van der Waals surface area contributed by atoms with Gasteiger partial charge in [0.2, 0.25) is 0 Å². The number of carbonyl (C=O) groups is 1. The number of urea groups is 1. The third kappa shape index (κ3) is 2.15. The molecule has 1 saturated carbocycles. The van der Waals surface area contributed by atoms with E-state index in [0.717, 1.165) is 32.6 Å². The van der Waals surface area contributed by atoms with Gasteiger partial charge in [0, 0.05) is 31.7 Å². The maximum Gasteiger partial charge on any atom is 0.320 e. The Bertz CT molecular complexity index is 282. The predicted octanol–water partition coefficient (Wildman–Crippen LogP) is 1.42. The minimum absolute atomic E-state index is 0.311. The first-order chi connectivity index (χ1) is 8.36. The lowest BCUT2D eigenvalue weighted by Crippen LogP contribution is -2.44. The topological polar surface area (TPSA) is 35.6 Å². The second-order valence-corrected chi connectivity index (χ2v) is 5.61. The summed E-state index contributed by atoms with van der Waals surface area (Å²) in [4.78, 5) is 16.7. The third-order valence-corrected chi connectivity index (χ3v) is 4.56. The van der Waals surface area contributed by atoms with E-state index in [1.54, 1.807) is 0 Å². The van der Waals surface area contributed by atoms with E-state index in [1.165, 1.54) is 32.1 Å². The third-order valence-electron chi connectivity index (χ3n) is 4.56. The van der Waals surface area contributed by atoms with Crippen LogP contribution in [0.1, 0.15) is 38.5 Å². The van der Waals surface area contributed by atoms with Crippen LogP contribution >= 0.6 is 0 Å². The number of amides is 2. The fourth-order valence-corrected chi connectivity index (χ4v) is 3.55. The largest absolute Gasteiger partial charge is 0.320 e. The Morgan fingerprint density at radius 1 is 0.941 bits per heavy atom. The van der Waals surface area contributed by atoms with E-state index in [1.807, 2.05) is 0 Å². The smallest absolute Gasteiger partial charge is 0.320 e. The van der Waals surface area contributed by atoms with Crippen LogP contribution in [0.3, 0.4) is 0 Å². The molecule has 4 heteroatoms. The monoisotopic (exact) mass is 237 g/mol. The Morgan fingerprint density at radius 2 is 1.65 bits per heavy atom. The standard InChI is InChI=1S/C13H23N3O/c17-13-15(11-4-2-1-3-5-11)8-9-16(13)12-6-7-14-10-12/h11-12,14H,1-10H2. The van der Waals surface area contributed by atoms with Crippen molar-refractivity contribution in [1.29, 1.82) is 0 Å². The fourth-order valence-electron chi connectivity index (χ4n) is 3.55. The number of hydrogen-bond donors (Lipinski definition) is 1. The summed E-state index contributed by atoms with van der Waals surface area (Å²) < 4.78 is 0. The van der Waals surface area contributed by atoms with E-state index in [-0.39, 0.29) is 0 Å². The van der Waals surface area contributed by atoms with Gasteiger partial charge in [-0.25, -0.2) is 4.79 Å². The number of nitrogens with one attached hydrogen (secondary N) is 1. The zero-order valence-corrected chi connectivity index (χ0v) is 10.5. The van der Waals surface area contributed by atoms with Crippen LogP contribution in [-0.4, -0.2) is 54.1 Å². The molecular formula is C13H23N3O. The van der Waals surface area contributed by atoms with Gasteiger partial charge in [0.25, 0.3) is 0 Å². The van der Waals surface area contributed by atoms with Crippen LogP contribution in [0.15, 0.2) is 0 Å². The molecule has 0 aromatic heterocycles. The Hall–Kier alpha value is -0.770. The highest BCUT2D eigenvalue weighted by Gasteiger charge is 2.38. The Labute approximate surface area is 103 Å². The summed E-state index contributed by atoms with van der Waals surface area (Å²) in [5.74, 6) is 0. The second kappa shape index (κ2) is 4.84. The van der Waals surface area contributed by atoms with Gasteiger partial charge in [-0.15, -0.1) is 0 Å². The maximum absolute atomic E-state index is 12.4. The normalized spacial score (nSPS) is 31.5. The van der Waals surface area contributed by atoms with Gasteiger partial charge in [-0.3, -0.25) is 0 Å². The highest BCUT2D eigenvalue weighted by Crippen LogP contribution is 2.27. The molecule has 0 aromatic carbocycles. The first-order valence-electron chi connectivity index (χ1n) is 7.14. The number of hydrogen-bond acceptors (Lipinski definition) is 2. The molecule has 2 aliphatic heterocycles. The lowest BCUT2D eigenvalue weighted by atomic mass is 9.94. The van der Waals surface area contributed by atoms with Crippen LogP contribution in [0.25, 0.3) is 0 Å². The predicted molar refractivity (Wildman–Crippen MR) is 67.0 cm³/mol. The summed E-state index contributed by atoms with van der Waals surface area (Å²) in [6.07, 6.45) is 7.54. The van der Waals surface area contributed by atoms with Gasteiger partial charge in [0.05, 0.1) is 0 Å². The van der Waals surface area contributed by atoms with E-state index < -0.39 is 0 Å². The molecule has 1 N–H and O–H groups in total. The summed E-state index contributed by atoms with van der Waals surface area (Å²) in [6.45, 7) is 3.96. The minimum atomic E-state index is 0.311. The van der Waals surface area contributed by atoms with Gasteiger partial charge in [-0.05, 0) is 25.8 Å². The highest BCUT2D eigenvalue weighted by atomic mass is 16.2. The van der Waals surface area contributed by atoms with Crippen molar-refractivity contribution in [1.82, 2.24) is 15.1 Å². The molecule has 2 saturated heterocycles. The molecule has 3 rings (SSSR count). The van der Waals surface area contributed by atoms with Crippen molar-refractivity contribution in [3.05, 3.63) is 0 Å². The van der Waals surface area contributed by atoms with E-state index in [4.69, 9.17) is 0 Å². The Morgan fingerprint density at radius 3 is 2.29 bits per heavy atom.